The highest BCUT2D eigenvalue weighted by Crippen LogP contribution is 2.31. The number of nitro groups is 1. The van der Waals surface area contributed by atoms with Crippen LogP contribution in [0.1, 0.15) is 18.9 Å². The van der Waals surface area contributed by atoms with Crippen molar-refractivity contribution in [2.45, 2.75) is 13.0 Å². The molecule has 0 radical (unpaired) electrons. The summed E-state index contributed by atoms with van der Waals surface area (Å²) in [6, 6.07) is 2.82. The molecule has 1 unspecified atom stereocenters. The Kier molecular flexibility index (Phi) is 3.07. The molecule has 0 saturated heterocycles. The lowest BCUT2D eigenvalue weighted by atomic mass is 10.1. The van der Waals surface area contributed by atoms with Crippen molar-refractivity contribution in [2.75, 3.05) is 0 Å². The van der Waals surface area contributed by atoms with E-state index in [1.54, 1.807) is 6.92 Å². The molecule has 18 heavy (non-hydrogen) atoms. The number of nitrogens with zero attached hydrogens (tertiary/aromatic N) is 2. The van der Waals surface area contributed by atoms with Crippen molar-refractivity contribution < 1.29 is 13.7 Å². The Morgan fingerprint density at radius 1 is 1.56 bits per heavy atom. The van der Waals surface area contributed by atoms with Crippen LogP contribution in [0.3, 0.4) is 0 Å². The fourth-order valence-corrected chi connectivity index (χ4v) is 1.49. The first-order valence-corrected chi connectivity index (χ1v) is 5.14. The maximum Gasteiger partial charge on any atom is 0.283 e. The van der Waals surface area contributed by atoms with E-state index in [0.29, 0.717) is 0 Å². The molecule has 1 aromatic heterocycles. The molecule has 2 N–H and O–H groups in total. The number of benzene rings is 1. The number of hydrogen-bond acceptors (Lipinski definition) is 5. The molecule has 0 saturated carbocycles. The third-order valence-electron chi connectivity index (χ3n) is 2.34. The number of hydrogen-bond donors (Lipinski definition) is 1. The monoisotopic (exact) mass is 251 g/mol. The summed E-state index contributed by atoms with van der Waals surface area (Å²) in [6.07, 6.45) is 1.33. The van der Waals surface area contributed by atoms with Gasteiger partial charge in [-0.3, -0.25) is 10.1 Å². The summed E-state index contributed by atoms with van der Waals surface area (Å²) in [5, 5.41) is 10.8. The standard InChI is InChI=1S/C11H10FN3O3/c1-6(13)11-14-5-10(18-11)8-3-2-7(12)4-9(8)15(16)17/h2-6H,13H2,1H3. The van der Waals surface area contributed by atoms with Crippen molar-refractivity contribution in [3.05, 3.63) is 46.2 Å². The van der Waals surface area contributed by atoms with Gasteiger partial charge in [0.25, 0.3) is 5.69 Å². The highest BCUT2D eigenvalue weighted by Gasteiger charge is 2.20. The number of halogens is 1. The second kappa shape index (κ2) is 4.53. The Labute approximate surface area is 101 Å². The zero-order chi connectivity index (χ0) is 13.3. The van der Waals surface area contributed by atoms with Crippen LogP contribution in [0.4, 0.5) is 10.1 Å². The molecule has 0 aliphatic heterocycles. The van der Waals surface area contributed by atoms with Gasteiger partial charge in [-0.1, -0.05) is 0 Å². The summed E-state index contributed by atoms with van der Waals surface area (Å²) in [4.78, 5) is 14.1. The lowest BCUT2D eigenvalue weighted by Gasteiger charge is -2.00. The van der Waals surface area contributed by atoms with Crippen molar-refractivity contribution in [3.8, 4) is 11.3 Å². The first kappa shape index (κ1) is 12.2. The molecule has 0 fully saturated rings. The fourth-order valence-electron chi connectivity index (χ4n) is 1.49. The summed E-state index contributed by atoms with van der Waals surface area (Å²) in [5.41, 5.74) is 5.37. The zero-order valence-corrected chi connectivity index (χ0v) is 9.46. The largest absolute Gasteiger partial charge is 0.439 e. The third kappa shape index (κ3) is 2.21. The van der Waals surface area contributed by atoms with Crippen LogP contribution in [0.2, 0.25) is 0 Å². The summed E-state index contributed by atoms with van der Waals surface area (Å²) in [6.45, 7) is 1.68. The van der Waals surface area contributed by atoms with Crippen LogP contribution in [0.25, 0.3) is 11.3 Å². The predicted octanol–water partition coefficient (Wildman–Crippen LogP) is 2.41. The number of nitro benzene ring substituents is 1. The second-order valence-electron chi connectivity index (χ2n) is 3.77. The maximum absolute atomic E-state index is 13.0. The molecule has 1 atom stereocenters. The Bertz CT molecular complexity index is 595. The van der Waals surface area contributed by atoms with Crippen molar-refractivity contribution >= 4 is 5.69 Å². The van der Waals surface area contributed by atoms with Crippen LogP contribution >= 0.6 is 0 Å². The predicted molar refractivity (Wildman–Crippen MR) is 61.2 cm³/mol. The van der Waals surface area contributed by atoms with Gasteiger partial charge in [0.1, 0.15) is 5.82 Å². The van der Waals surface area contributed by atoms with Crippen LogP contribution in [0.5, 0.6) is 0 Å². The summed E-state index contributed by atoms with van der Waals surface area (Å²) < 4.78 is 18.3. The summed E-state index contributed by atoms with van der Waals surface area (Å²) in [7, 11) is 0. The highest BCUT2D eigenvalue weighted by molar-refractivity contribution is 5.68. The van der Waals surface area contributed by atoms with Crippen LogP contribution < -0.4 is 5.73 Å². The van der Waals surface area contributed by atoms with Gasteiger partial charge in [0, 0.05) is 0 Å². The first-order chi connectivity index (χ1) is 8.49. The Hall–Kier alpha value is -2.28. The van der Waals surface area contributed by atoms with Gasteiger partial charge in [-0.2, -0.15) is 0 Å². The van der Waals surface area contributed by atoms with E-state index in [1.807, 2.05) is 0 Å². The van der Waals surface area contributed by atoms with Gasteiger partial charge < -0.3 is 10.2 Å². The highest BCUT2D eigenvalue weighted by atomic mass is 19.1. The molecule has 7 heteroatoms. The SMILES string of the molecule is CC(N)c1ncc(-c2ccc(F)cc2[N+](=O)[O-])o1. The molecule has 2 aromatic rings. The van der Waals surface area contributed by atoms with Gasteiger partial charge in [-0.25, -0.2) is 9.37 Å². The van der Waals surface area contributed by atoms with Crippen LogP contribution in [0, 0.1) is 15.9 Å². The molecule has 2 rings (SSSR count). The minimum absolute atomic E-state index is 0.167. The molecule has 0 aliphatic rings. The van der Waals surface area contributed by atoms with E-state index >= 15 is 0 Å². The Morgan fingerprint density at radius 3 is 2.83 bits per heavy atom. The van der Waals surface area contributed by atoms with Crippen molar-refractivity contribution in [3.63, 3.8) is 0 Å². The van der Waals surface area contributed by atoms with Gasteiger partial charge in [-0.15, -0.1) is 0 Å². The molecule has 1 aromatic carbocycles. The molecule has 1 heterocycles. The van der Waals surface area contributed by atoms with Gasteiger partial charge >= 0.3 is 0 Å². The molecule has 0 bridgehead atoms. The van der Waals surface area contributed by atoms with Crippen LogP contribution in [0.15, 0.2) is 28.8 Å². The zero-order valence-electron chi connectivity index (χ0n) is 9.46. The third-order valence-corrected chi connectivity index (χ3v) is 2.34. The van der Waals surface area contributed by atoms with Crippen molar-refractivity contribution in [1.29, 1.82) is 0 Å². The molecule has 6 nitrogen and oxygen atoms in total. The van der Waals surface area contributed by atoms with Crippen LogP contribution in [-0.4, -0.2) is 9.91 Å². The minimum atomic E-state index is -0.683. The molecule has 94 valence electrons. The van der Waals surface area contributed by atoms with Crippen molar-refractivity contribution in [2.24, 2.45) is 5.73 Å². The fraction of sp³-hybridized carbons (Fsp3) is 0.182. The summed E-state index contributed by atoms with van der Waals surface area (Å²) in [5.74, 6) is -0.227. The van der Waals surface area contributed by atoms with Gasteiger partial charge in [0.2, 0.25) is 5.89 Å². The number of aromatic nitrogens is 1. The lowest BCUT2D eigenvalue weighted by Crippen LogP contribution is -2.04. The van der Waals surface area contributed by atoms with E-state index in [0.717, 1.165) is 12.1 Å². The van der Waals surface area contributed by atoms with Crippen LogP contribution in [-0.2, 0) is 0 Å². The molecule has 0 aliphatic carbocycles. The van der Waals surface area contributed by atoms with Gasteiger partial charge in [-0.05, 0) is 19.1 Å². The van der Waals surface area contributed by atoms with Gasteiger partial charge in [0.05, 0.1) is 28.8 Å². The topological polar surface area (TPSA) is 95.2 Å². The molecular weight excluding hydrogens is 241 g/mol. The molecule has 0 spiro atoms. The van der Waals surface area contributed by atoms with E-state index in [-0.39, 0.29) is 22.9 Å². The number of nitrogens with two attached hydrogens (primary N) is 1. The Balaban J connectivity index is 2.52. The smallest absolute Gasteiger partial charge is 0.283 e. The maximum atomic E-state index is 13.0. The van der Waals surface area contributed by atoms with E-state index in [9.17, 15) is 14.5 Å². The lowest BCUT2D eigenvalue weighted by molar-refractivity contribution is -0.384. The average Bonchev–Trinajstić information content (AvgIpc) is 2.78. The molecular formula is C11H10FN3O3. The van der Waals surface area contributed by atoms with E-state index in [2.05, 4.69) is 4.98 Å². The quantitative estimate of drug-likeness (QED) is 0.667. The summed E-state index contributed by atoms with van der Waals surface area (Å²) >= 11 is 0. The number of oxazole rings is 1. The molecule has 0 amide bonds. The number of rotatable bonds is 3. The average molecular weight is 251 g/mol. The normalized spacial score (nSPS) is 12.4. The minimum Gasteiger partial charge on any atom is -0.439 e. The van der Waals surface area contributed by atoms with Gasteiger partial charge in [0.15, 0.2) is 5.76 Å². The van der Waals surface area contributed by atoms with E-state index in [4.69, 9.17) is 10.2 Å². The van der Waals surface area contributed by atoms with Crippen molar-refractivity contribution in [1.82, 2.24) is 4.98 Å². The van der Waals surface area contributed by atoms with E-state index < -0.39 is 16.8 Å². The first-order valence-electron chi connectivity index (χ1n) is 5.14. The Morgan fingerprint density at radius 2 is 2.28 bits per heavy atom. The van der Waals surface area contributed by atoms with E-state index in [1.165, 1.54) is 12.3 Å². The second-order valence-corrected chi connectivity index (χ2v) is 3.77.